The zero-order chi connectivity index (χ0) is 32.4. The summed E-state index contributed by atoms with van der Waals surface area (Å²) in [7, 11) is 0. The summed E-state index contributed by atoms with van der Waals surface area (Å²) in [5, 5.41) is 8.83. The molecule has 0 saturated heterocycles. The molecule has 4 rings (SSSR count). The predicted molar refractivity (Wildman–Crippen MR) is 195 cm³/mol. The molecule has 0 aliphatic heterocycles. The van der Waals surface area contributed by atoms with Gasteiger partial charge in [0.25, 0.3) is 0 Å². The van der Waals surface area contributed by atoms with Crippen molar-refractivity contribution in [2.45, 2.75) is 77.3 Å². The van der Waals surface area contributed by atoms with E-state index in [2.05, 4.69) is 85.1 Å². The molecule has 4 nitrogen and oxygen atoms in total. The van der Waals surface area contributed by atoms with Gasteiger partial charge in [0.1, 0.15) is 11.5 Å². The lowest BCUT2D eigenvalue weighted by atomic mass is 10.1. The van der Waals surface area contributed by atoms with E-state index in [1.54, 1.807) is 0 Å². The first-order valence-electron chi connectivity index (χ1n) is 16.8. The summed E-state index contributed by atoms with van der Waals surface area (Å²) in [6.07, 6.45) is 8.32. The van der Waals surface area contributed by atoms with E-state index in [1.165, 1.54) is 22.3 Å². The smallest absolute Gasteiger partial charge is 0.119 e. The van der Waals surface area contributed by atoms with Gasteiger partial charge in [0, 0.05) is 22.1 Å². The Balaban J connectivity index is 0.991. The molecule has 0 bridgehead atoms. The maximum Gasteiger partial charge on any atom is 0.119 e. The molecule has 4 aromatic carbocycles. The molecule has 246 valence electrons. The highest BCUT2D eigenvalue weighted by molar-refractivity contribution is 6.30. The Labute approximate surface area is 286 Å². The van der Waals surface area contributed by atoms with Crippen LogP contribution < -0.4 is 20.1 Å². The maximum absolute atomic E-state index is 6.09. The molecular weight excluding hydrogens is 611 g/mol. The normalized spacial score (nSPS) is 12.5. The standard InChI is InChI=1S/C40H50Cl2N2O2/c1-31(43-23-21-33-9-7-11-37(41)29-33)27-35-13-17-39(18-14-35)45-25-5-3-4-6-26-46-40-19-15-36(16-20-40)28-32(2)44-24-22-34-10-8-12-38(42)30-34/h7-20,29-32,43-44H,3-6,21-28H2,1-2H3/t31-,32-/m1/s1. The number of benzene rings is 4. The average Bonchev–Trinajstić information content (AvgIpc) is 3.04. The molecule has 4 aromatic rings. The molecule has 0 heterocycles. The van der Waals surface area contributed by atoms with Gasteiger partial charge in [-0.05, 0) is 149 Å². The van der Waals surface area contributed by atoms with Gasteiger partial charge in [-0.1, -0.05) is 71.7 Å². The van der Waals surface area contributed by atoms with E-state index in [-0.39, 0.29) is 0 Å². The molecule has 0 spiro atoms. The minimum Gasteiger partial charge on any atom is -0.494 e. The van der Waals surface area contributed by atoms with E-state index in [4.69, 9.17) is 32.7 Å². The van der Waals surface area contributed by atoms with Gasteiger partial charge < -0.3 is 20.1 Å². The van der Waals surface area contributed by atoms with Gasteiger partial charge in [-0.25, -0.2) is 0 Å². The molecule has 0 radical (unpaired) electrons. The second kappa shape index (κ2) is 20.3. The van der Waals surface area contributed by atoms with Crippen LogP contribution in [-0.2, 0) is 25.7 Å². The third-order valence-electron chi connectivity index (χ3n) is 8.10. The first-order valence-corrected chi connectivity index (χ1v) is 17.6. The van der Waals surface area contributed by atoms with E-state index in [0.29, 0.717) is 12.1 Å². The van der Waals surface area contributed by atoms with E-state index in [1.807, 2.05) is 36.4 Å². The fraction of sp³-hybridized carbons (Fsp3) is 0.400. The van der Waals surface area contributed by atoms with Gasteiger partial charge in [0.15, 0.2) is 0 Å². The van der Waals surface area contributed by atoms with Crippen molar-refractivity contribution in [3.8, 4) is 11.5 Å². The number of hydrogen-bond acceptors (Lipinski definition) is 4. The van der Waals surface area contributed by atoms with Crippen molar-refractivity contribution in [1.82, 2.24) is 10.6 Å². The summed E-state index contributed by atoms with van der Waals surface area (Å²) in [5.41, 5.74) is 5.16. The van der Waals surface area contributed by atoms with Gasteiger partial charge in [-0.3, -0.25) is 0 Å². The largest absolute Gasteiger partial charge is 0.494 e. The summed E-state index contributed by atoms with van der Waals surface area (Å²) in [6, 6.07) is 34.0. The third kappa shape index (κ3) is 14.2. The third-order valence-corrected chi connectivity index (χ3v) is 8.57. The van der Waals surface area contributed by atoms with Crippen LogP contribution in [0, 0.1) is 0 Å². The highest BCUT2D eigenvalue weighted by Gasteiger charge is 2.06. The lowest BCUT2D eigenvalue weighted by Crippen LogP contribution is -2.29. The SMILES string of the molecule is C[C@H](Cc1ccc(OCCCCCCOc2ccc(C[C@@H](C)NCCc3cccc(Cl)c3)cc2)cc1)NCCc1cccc(Cl)c1. The van der Waals surface area contributed by atoms with Gasteiger partial charge in [0.05, 0.1) is 13.2 Å². The van der Waals surface area contributed by atoms with Crippen LogP contribution >= 0.6 is 23.2 Å². The number of nitrogens with one attached hydrogen (secondary N) is 2. The average molecular weight is 662 g/mol. The van der Waals surface area contributed by atoms with Crippen LogP contribution in [0.15, 0.2) is 97.1 Å². The van der Waals surface area contributed by atoms with Gasteiger partial charge in [-0.2, -0.15) is 0 Å². The topological polar surface area (TPSA) is 42.5 Å². The Hall–Kier alpha value is -3.02. The quantitative estimate of drug-likeness (QED) is 0.0874. The lowest BCUT2D eigenvalue weighted by molar-refractivity contribution is 0.287. The Morgan fingerprint density at radius 3 is 1.33 bits per heavy atom. The van der Waals surface area contributed by atoms with E-state index >= 15 is 0 Å². The van der Waals surface area contributed by atoms with Crippen LogP contribution in [0.2, 0.25) is 10.0 Å². The fourth-order valence-electron chi connectivity index (χ4n) is 5.54. The van der Waals surface area contributed by atoms with Crippen molar-refractivity contribution in [3.05, 3.63) is 129 Å². The Bertz CT molecular complexity index is 1300. The zero-order valence-corrected chi connectivity index (χ0v) is 29.0. The maximum atomic E-state index is 6.09. The number of unbranched alkanes of at least 4 members (excludes halogenated alkanes) is 3. The summed E-state index contributed by atoms with van der Waals surface area (Å²) < 4.78 is 12.0. The van der Waals surface area contributed by atoms with E-state index in [0.717, 1.165) is 99.2 Å². The molecule has 0 saturated carbocycles. The fourth-order valence-corrected chi connectivity index (χ4v) is 5.97. The van der Waals surface area contributed by atoms with Crippen molar-refractivity contribution in [2.24, 2.45) is 0 Å². The summed E-state index contributed by atoms with van der Waals surface area (Å²) in [5.74, 6) is 1.89. The molecule has 0 aliphatic carbocycles. The summed E-state index contributed by atoms with van der Waals surface area (Å²) >= 11 is 12.2. The molecule has 2 N–H and O–H groups in total. The first-order chi connectivity index (χ1) is 22.4. The molecule has 0 unspecified atom stereocenters. The number of halogens is 2. The Morgan fingerprint density at radius 1 is 0.522 bits per heavy atom. The van der Waals surface area contributed by atoms with Gasteiger partial charge >= 0.3 is 0 Å². The number of rotatable bonds is 21. The van der Waals surface area contributed by atoms with Crippen LogP contribution in [0.5, 0.6) is 11.5 Å². The predicted octanol–water partition coefficient (Wildman–Crippen LogP) is 9.54. The Kier molecular flexibility index (Phi) is 15.8. The van der Waals surface area contributed by atoms with Gasteiger partial charge in [-0.15, -0.1) is 0 Å². The van der Waals surface area contributed by atoms with Crippen LogP contribution in [0.3, 0.4) is 0 Å². The van der Waals surface area contributed by atoms with E-state index < -0.39 is 0 Å². The molecule has 0 aromatic heterocycles. The molecular formula is C40H50Cl2N2O2. The second-order valence-electron chi connectivity index (χ2n) is 12.3. The number of hydrogen-bond donors (Lipinski definition) is 2. The van der Waals surface area contributed by atoms with Crippen molar-refractivity contribution >= 4 is 23.2 Å². The summed E-state index contributed by atoms with van der Waals surface area (Å²) in [4.78, 5) is 0. The molecule has 0 aliphatic rings. The minimum atomic E-state index is 0.405. The van der Waals surface area contributed by atoms with Crippen LogP contribution in [0.1, 0.15) is 61.8 Å². The number of ether oxygens (including phenoxy) is 2. The van der Waals surface area contributed by atoms with Crippen LogP contribution in [0.25, 0.3) is 0 Å². The second-order valence-corrected chi connectivity index (χ2v) is 13.2. The van der Waals surface area contributed by atoms with Crippen LogP contribution in [-0.4, -0.2) is 38.4 Å². The van der Waals surface area contributed by atoms with Gasteiger partial charge in [0.2, 0.25) is 0 Å². The highest BCUT2D eigenvalue weighted by Crippen LogP contribution is 2.17. The van der Waals surface area contributed by atoms with Crippen LogP contribution in [0.4, 0.5) is 0 Å². The van der Waals surface area contributed by atoms with Crippen molar-refractivity contribution < 1.29 is 9.47 Å². The minimum absolute atomic E-state index is 0.405. The van der Waals surface area contributed by atoms with Crippen molar-refractivity contribution in [3.63, 3.8) is 0 Å². The molecule has 0 amide bonds. The highest BCUT2D eigenvalue weighted by atomic mass is 35.5. The molecule has 6 heteroatoms. The molecule has 46 heavy (non-hydrogen) atoms. The molecule has 2 atom stereocenters. The monoisotopic (exact) mass is 660 g/mol. The van der Waals surface area contributed by atoms with Crippen molar-refractivity contribution in [2.75, 3.05) is 26.3 Å². The lowest BCUT2D eigenvalue weighted by Gasteiger charge is -2.15. The Morgan fingerprint density at radius 2 is 0.935 bits per heavy atom. The summed E-state index contributed by atoms with van der Waals surface area (Å²) in [6.45, 7) is 7.83. The zero-order valence-electron chi connectivity index (χ0n) is 27.5. The molecule has 0 fully saturated rings. The van der Waals surface area contributed by atoms with E-state index in [9.17, 15) is 0 Å². The van der Waals surface area contributed by atoms with Crippen molar-refractivity contribution in [1.29, 1.82) is 0 Å². The first kappa shape index (κ1) is 35.8.